The van der Waals surface area contributed by atoms with Gasteiger partial charge in [0.15, 0.2) is 4.34 Å². The summed E-state index contributed by atoms with van der Waals surface area (Å²) in [5.41, 5.74) is 2.76. The number of aromatic nitrogens is 2. The highest BCUT2D eigenvalue weighted by Crippen LogP contribution is 2.30. The molecule has 3 aromatic rings. The van der Waals surface area contributed by atoms with Gasteiger partial charge in [-0.15, -0.1) is 10.2 Å². The van der Waals surface area contributed by atoms with Gasteiger partial charge in [0.2, 0.25) is 11.0 Å². The predicted molar refractivity (Wildman–Crippen MR) is 119 cm³/mol. The zero-order valence-corrected chi connectivity index (χ0v) is 18.0. The molecule has 30 heavy (non-hydrogen) atoms. The number of nitrogens with zero attached hydrogens (tertiary/aromatic N) is 4. The lowest BCUT2D eigenvalue weighted by molar-refractivity contribution is -0.121. The minimum atomic E-state index is -0.313. The van der Waals surface area contributed by atoms with Crippen molar-refractivity contribution in [1.82, 2.24) is 15.1 Å². The maximum Gasteiger partial charge on any atom is 0.248 e. The van der Waals surface area contributed by atoms with Crippen LogP contribution >= 0.6 is 23.1 Å². The summed E-state index contributed by atoms with van der Waals surface area (Å²) in [7, 11) is 0. The Morgan fingerprint density at radius 3 is 2.57 bits per heavy atom. The zero-order chi connectivity index (χ0) is 20.8. The number of nitrogens with one attached hydrogen (secondary N) is 1. The normalized spacial score (nSPS) is 14.9. The number of carbonyl (C=O) groups excluding carboxylic acids is 1. The average Bonchev–Trinajstić information content (AvgIpc) is 3.46. The van der Waals surface area contributed by atoms with Crippen molar-refractivity contribution in [2.45, 2.75) is 29.0 Å². The first kappa shape index (κ1) is 20.5. The maximum absolute atomic E-state index is 13.1. The molecule has 4 rings (SSSR count). The van der Waals surface area contributed by atoms with Gasteiger partial charge < -0.3 is 0 Å². The van der Waals surface area contributed by atoms with Crippen LogP contribution in [0.15, 0.2) is 58.9 Å². The third-order valence-electron chi connectivity index (χ3n) is 4.95. The molecule has 0 bridgehead atoms. The second-order valence-electron chi connectivity index (χ2n) is 7.02. The number of benzene rings is 2. The van der Waals surface area contributed by atoms with Crippen LogP contribution in [0.3, 0.4) is 0 Å². The number of nitriles is 1. The molecule has 0 aliphatic carbocycles. The van der Waals surface area contributed by atoms with Gasteiger partial charge in [0.05, 0.1) is 11.6 Å². The number of rotatable bonds is 7. The molecular weight excluding hydrogens is 414 g/mol. The van der Waals surface area contributed by atoms with Crippen molar-refractivity contribution in [3.05, 3.63) is 71.3 Å². The van der Waals surface area contributed by atoms with Gasteiger partial charge in [0.1, 0.15) is 6.04 Å². The van der Waals surface area contributed by atoms with Crippen molar-refractivity contribution < 1.29 is 4.79 Å². The lowest BCUT2D eigenvalue weighted by Gasteiger charge is -2.26. The highest BCUT2D eigenvalue weighted by molar-refractivity contribution is 8.00. The van der Waals surface area contributed by atoms with E-state index in [-0.39, 0.29) is 11.9 Å². The first-order valence-electron chi connectivity index (χ1n) is 9.78. The summed E-state index contributed by atoms with van der Waals surface area (Å²) in [6, 6.07) is 19.2. The molecule has 2 heterocycles. The topological polar surface area (TPSA) is 81.9 Å². The van der Waals surface area contributed by atoms with Crippen LogP contribution in [-0.2, 0) is 10.5 Å². The van der Waals surface area contributed by atoms with Crippen LogP contribution in [0.1, 0.15) is 35.6 Å². The smallest absolute Gasteiger partial charge is 0.248 e. The number of hydrogen-bond acceptors (Lipinski definition) is 7. The highest BCUT2D eigenvalue weighted by atomic mass is 32.2. The molecule has 1 aliphatic heterocycles. The van der Waals surface area contributed by atoms with Crippen molar-refractivity contribution in [2.24, 2.45) is 0 Å². The van der Waals surface area contributed by atoms with E-state index in [1.165, 1.54) is 11.3 Å². The van der Waals surface area contributed by atoms with E-state index in [1.54, 1.807) is 11.8 Å². The van der Waals surface area contributed by atoms with E-state index >= 15 is 0 Å². The molecule has 0 saturated carbocycles. The fourth-order valence-corrected chi connectivity index (χ4v) is 5.19. The fraction of sp³-hybridized carbons (Fsp3) is 0.273. The van der Waals surface area contributed by atoms with E-state index in [0.29, 0.717) is 10.7 Å². The molecule has 0 spiro atoms. The Morgan fingerprint density at radius 2 is 1.87 bits per heavy atom. The summed E-state index contributed by atoms with van der Waals surface area (Å²) < 4.78 is 0.798. The van der Waals surface area contributed by atoms with Gasteiger partial charge >= 0.3 is 0 Å². The van der Waals surface area contributed by atoms with Crippen LogP contribution in [0.25, 0.3) is 0 Å². The van der Waals surface area contributed by atoms with Crippen molar-refractivity contribution in [1.29, 1.82) is 5.26 Å². The van der Waals surface area contributed by atoms with Gasteiger partial charge in [-0.3, -0.25) is 15.0 Å². The van der Waals surface area contributed by atoms with Gasteiger partial charge in [0.25, 0.3) is 0 Å². The van der Waals surface area contributed by atoms with Crippen molar-refractivity contribution in [3.8, 4) is 6.07 Å². The summed E-state index contributed by atoms with van der Waals surface area (Å²) in [5.74, 6) is 0.664. The Labute approximate surface area is 183 Å². The third kappa shape index (κ3) is 5.05. The summed E-state index contributed by atoms with van der Waals surface area (Å²) in [6.45, 7) is 1.85. The Hall–Kier alpha value is -2.73. The summed E-state index contributed by atoms with van der Waals surface area (Å²) >= 11 is 2.95. The van der Waals surface area contributed by atoms with Gasteiger partial charge in [-0.25, -0.2) is 0 Å². The largest absolute Gasteiger partial charge is 0.299 e. The molecule has 1 amide bonds. The summed E-state index contributed by atoms with van der Waals surface area (Å²) in [6.07, 6.45) is 2.23. The van der Waals surface area contributed by atoms with Gasteiger partial charge in [0, 0.05) is 5.75 Å². The number of likely N-dealkylation sites (tertiary alicyclic amines) is 1. The Balaban J connectivity index is 1.40. The molecule has 6 nitrogen and oxygen atoms in total. The fourth-order valence-electron chi connectivity index (χ4n) is 3.48. The monoisotopic (exact) mass is 435 g/mol. The van der Waals surface area contributed by atoms with E-state index in [9.17, 15) is 4.79 Å². The van der Waals surface area contributed by atoms with Crippen LogP contribution in [0, 0.1) is 11.3 Å². The molecule has 1 saturated heterocycles. The SMILES string of the molecule is N#Cc1ccc(CSc2nnc(NC(=O)C(c3ccccc3)N3CCCC3)s2)cc1. The van der Waals surface area contributed by atoms with E-state index < -0.39 is 0 Å². The Kier molecular flexibility index (Phi) is 6.74. The number of carbonyl (C=O) groups is 1. The summed E-state index contributed by atoms with van der Waals surface area (Å²) in [4.78, 5) is 15.3. The lowest BCUT2D eigenvalue weighted by Crippen LogP contribution is -2.35. The first-order valence-corrected chi connectivity index (χ1v) is 11.6. The van der Waals surface area contributed by atoms with E-state index in [1.807, 2.05) is 54.6 Å². The van der Waals surface area contributed by atoms with Gasteiger partial charge in [-0.1, -0.05) is 65.6 Å². The third-order valence-corrected chi connectivity index (χ3v) is 6.99. The number of amides is 1. The molecule has 1 unspecified atom stereocenters. The number of hydrogen-bond donors (Lipinski definition) is 1. The molecule has 0 radical (unpaired) electrons. The lowest BCUT2D eigenvalue weighted by atomic mass is 10.1. The Morgan fingerprint density at radius 1 is 1.13 bits per heavy atom. The first-order chi connectivity index (χ1) is 14.7. The molecule has 8 heteroatoms. The van der Waals surface area contributed by atoms with Gasteiger partial charge in [-0.2, -0.15) is 5.26 Å². The van der Waals surface area contributed by atoms with E-state index in [0.717, 1.165) is 47.2 Å². The average molecular weight is 436 g/mol. The second-order valence-corrected chi connectivity index (χ2v) is 9.22. The zero-order valence-electron chi connectivity index (χ0n) is 16.3. The maximum atomic E-state index is 13.1. The van der Waals surface area contributed by atoms with E-state index in [4.69, 9.17) is 5.26 Å². The molecule has 1 aromatic heterocycles. The van der Waals surface area contributed by atoms with Gasteiger partial charge in [-0.05, 0) is 49.2 Å². The molecule has 1 atom stereocenters. The molecule has 1 aliphatic rings. The van der Waals surface area contributed by atoms with Crippen LogP contribution in [0.4, 0.5) is 5.13 Å². The van der Waals surface area contributed by atoms with Crippen molar-refractivity contribution in [3.63, 3.8) is 0 Å². The van der Waals surface area contributed by atoms with Crippen LogP contribution < -0.4 is 5.32 Å². The minimum absolute atomic E-state index is 0.0668. The number of anilines is 1. The Bertz CT molecular complexity index is 1020. The standard InChI is InChI=1S/C22H21N5OS2/c23-14-16-8-10-17(11-9-16)15-29-22-26-25-21(30-22)24-20(28)19(27-12-4-5-13-27)18-6-2-1-3-7-18/h1-3,6-11,19H,4-5,12-13,15H2,(H,24,25,28). The molecule has 1 N–H and O–H groups in total. The molecule has 2 aromatic carbocycles. The highest BCUT2D eigenvalue weighted by Gasteiger charge is 2.30. The quantitative estimate of drug-likeness (QED) is 0.435. The van der Waals surface area contributed by atoms with Crippen molar-refractivity contribution >= 4 is 34.1 Å². The van der Waals surface area contributed by atoms with Crippen LogP contribution in [0.5, 0.6) is 0 Å². The predicted octanol–water partition coefficient (Wildman–Crippen LogP) is 4.48. The second kappa shape index (κ2) is 9.85. The minimum Gasteiger partial charge on any atom is -0.299 e. The van der Waals surface area contributed by atoms with E-state index in [2.05, 4.69) is 26.5 Å². The van der Waals surface area contributed by atoms with Crippen LogP contribution in [-0.4, -0.2) is 34.1 Å². The van der Waals surface area contributed by atoms with Crippen molar-refractivity contribution in [2.75, 3.05) is 18.4 Å². The molecular formula is C22H21N5OS2. The van der Waals surface area contributed by atoms with Crippen LogP contribution in [0.2, 0.25) is 0 Å². The molecule has 152 valence electrons. The summed E-state index contributed by atoms with van der Waals surface area (Å²) in [5, 5.41) is 20.7. The molecule has 1 fully saturated rings. The number of thioether (sulfide) groups is 1.